The first kappa shape index (κ1) is 11.9. The molecular formula is C11H9F2N3S. The molecule has 0 unspecified atom stereocenters. The molecule has 3 nitrogen and oxygen atoms in total. The van der Waals surface area contributed by atoms with Gasteiger partial charge in [0.2, 0.25) is 0 Å². The SMILES string of the molecule is NCc1cc(F)c(Sc2ncccn2)c(F)c1. The van der Waals surface area contributed by atoms with Crippen LogP contribution in [0.25, 0.3) is 0 Å². The van der Waals surface area contributed by atoms with Crippen LogP contribution in [0.5, 0.6) is 0 Å². The highest BCUT2D eigenvalue weighted by Crippen LogP contribution is 2.30. The van der Waals surface area contributed by atoms with Gasteiger partial charge in [-0.25, -0.2) is 18.7 Å². The Morgan fingerprint density at radius 3 is 2.24 bits per heavy atom. The lowest BCUT2D eigenvalue weighted by molar-refractivity contribution is 0.537. The van der Waals surface area contributed by atoms with Gasteiger partial charge in [-0.15, -0.1) is 0 Å². The third-order valence-electron chi connectivity index (χ3n) is 2.03. The van der Waals surface area contributed by atoms with Gasteiger partial charge >= 0.3 is 0 Å². The highest BCUT2D eigenvalue weighted by molar-refractivity contribution is 7.99. The van der Waals surface area contributed by atoms with Crippen molar-refractivity contribution >= 4 is 11.8 Å². The molecule has 0 bridgehead atoms. The molecule has 1 aromatic carbocycles. The Morgan fingerprint density at radius 1 is 1.12 bits per heavy atom. The molecule has 0 spiro atoms. The second kappa shape index (κ2) is 5.20. The average molecular weight is 253 g/mol. The number of rotatable bonds is 3. The fourth-order valence-electron chi connectivity index (χ4n) is 1.26. The van der Waals surface area contributed by atoms with Gasteiger partial charge in [-0.05, 0) is 35.5 Å². The van der Waals surface area contributed by atoms with Crippen molar-refractivity contribution in [2.45, 2.75) is 16.6 Å². The third kappa shape index (κ3) is 2.78. The molecule has 6 heteroatoms. The number of hydrogen-bond acceptors (Lipinski definition) is 4. The van der Waals surface area contributed by atoms with E-state index in [1.807, 2.05) is 0 Å². The topological polar surface area (TPSA) is 51.8 Å². The molecule has 2 aromatic rings. The van der Waals surface area contributed by atoms with Gasteiger partial charge in [0.15, 0.2) is 5.16 Å². The van der Waals surface area contributed by atoms with E-state index in [-0.39, 0.29) is 11.4 Å². The van der Waals surface area contributed by atoms with Crippen LogP contribution in [0.15, 0.2) is 40.6 Å². The minimum Gasteiger partial charge on any atom is -0.326 e. The summed E-state index contributed by atoms with van der Waals surface area (Å²) in [6.07, 6.45) is 3.03. The van der Waals surface area contributed by atoms with Gasteiger partial charge in [0, 0.05) is 18.9 Å². The standard InChI is InChI=1S/C11H9F2N3S/c12-8-4-7(6-14)5-9(13)10(8)17-11-15-2-1-3-16-11/h1-5H,6,14H2. The van der Waals surface area contributed by atoms with Gasteiger partial charge in [-0.3, -0.25) is 0 Å². The predicted octanol–water partition coefficient (Wildman–Crippen LogP) is 2.36. The summed E-state index contributed by atoms with van der Waals surface area (Å²) < 4.78 is 27.2. The van der Waals surface area contributed by atoms with Crippen LogP contribution in [0, 0.1) is 11.6 Å². The molecular weight excluding hydrogens is 244 g/mol. The number of nitrogens with two attached hydrogens (primary N) is 1. The largest absolute Gasteiger partial charge is 0.326 e. The summed E-state index contributed by atoms with van der Waals surface area (Å²) in [6.45, 7) is 0.0978. The van der Waals surface area contributed by atoms with Crippen molar-refractivity contribution in [3.05, 3.63) is 47.8 Å². The van der Waals surface area contributed by atoms with Crippen molar-refractivity contribution in [1.82, 2.24) is 9.97 Å². The number of halogens is 2. The quantitative estimate of drug-likeness (QED) is 0.853. The normalized spacial score (nSPS) is 10.5. The Kier molecular flexibility index (Phi) is 3.65. The minimum absolute atomic E-state index is 0.0978. The van der Waals surface area contributed by atoms with E-state index >= 15 is 0 Å². The van der Waals surface area contributed by atoms with Crippen LogP contribution in [0.2, 0.25) is 0 Å². The molecule has 0 saturated carbocycles. The maximum absolute atomic E-state index is 13.6. The number of hydrogen-bond donors (Lipinski definition) is 1. The van der Waals surface area contributed by atoms with E-state index in [2.05, 4.69) is 9.97 Å². The molecule has 2 rings (SSSR count). The molecule has 0 aliphatic carbocycles. The minimum atomic E-state index is -0.650. The molecule has 0 saturated heterocycles. The van der Waals surface area contributed by atoms with Crippen LogP contribution < -0.4 is 5.73 Å². The van der Waals surface area contributed by atoms with Gasteiger partial charge < -0.3 is 5.73 Å². The summed E-state index contributed by atoms with van der Waals surface area (Å²) in [7, 11) is 0. The smallest absolute Gasteiger partial charge is 0.192 e. The molecule has 2 N–H and O–H groups in total. The van der Waals surface area contributed by atoms with Crippen molar-refractivity contribution < 1.29 is 8.78 Å². The summed E-state index contributed by atoms with van der Waals surface area (Å²) in [5.74, 6) is -1.30. The summed E-state index contributed by atoms with van der Waals surface area (Å²) >= 11 is 0.847. The van der Waals surface area contributed by atoms with Crippen molar-refractivity contribution in [2.75, 3.05) is 0 Å². The van der Waals surface area contributed by atoms with E-state index in [4.69, 9.17) is 5.73 Å². The van der Waals surface area contributed by atoms with Crippen LogP contribution in [0.4, 0.5) is 8.78 Å². The summed E-state index contributed by atoms with van der Waals surface area (Å²) in [5, 5.41) is 0.297. The molecule has 88 valence electrons. The fraction of sp³-hybridized carbons (Fsp3) is 0.0909. The van der Waals surface area contributed by atoms with Gasteiger partial charge in [0.25, 0.3) is 0 Å². The van der Waals surface area contributed by atoms with Crippen LogP contribution in [0.1, 0.15) is 5.56 Å². The summed E-state index contributed by atoms with van der Waals surface area (Å²) in [5.41, 5.74) is 5.74. The summed E-state index contributed by atoms with van der Waals surface area (Å²) in [6, 6.07) is 4.07. The van der Waals surface area contributed by atoms with Crippen molar-refractivity contribution in [1.29, 1.82) is 0 Å². The van der Waals surface area contributed by atoms with Crippen LogP contribution in [-0.2, 0) is 6.54 Å². The van der Waals surface area contributed by atoms with E-state index in [9.17, 15) is 8.78 Å². The lowest BCUT2D eigenvalue weighted by Crippen LogP contribution is -2.00. The van der Waals surface area contributed by atoms with Crippen LogP contribution >= 0.6 is 11.8 Å². The van der Waals surface area contributed by atoms with Crippen molar-refractivity contribution in [2.24, 2.45) is 5.73 Å². The molecule has 0 atom stereocenters. The number of nitrogens with zero attached hydrogens (tertiary/aromatic N) is 2. The highest BCUT2D eigenvalue weighted by atomic mass is 32.2. The zero-order valence-corrected chi connectivity index (χ0v) is 9.55. The van der Waals surface area contributed by atoms with Crippen LogP contribution in [-0.4, -0.2) is 9.97 Å². The van der Waals surface area contributed by atoms with E-state index in [1.165, 1.54) is 24.5 Å². The van der Waals surface area contributed by atoms with Crippen molar-refractivity contribution in [3.63, 3.8) is 0 Å². The second-order valence-electron chi connectivity index (χ2n) is 3.23. The Labute approximate surface area is 101 Å². The Balaban J connectivity index is 2.33. The Bertz CT molecular complexity index is 496. The van der Waals surface area contributed by atoms with Crippen molar-refractivity contribution in [3.8, 4) is 0 Å². The van der Waals surface area contributed by atoms with Gasteiger partial charge in [0.05, 0.1) is 4.90 Å². The van der Waals surface area contributed by atoms with Gasteiger partial charge in [-0.1, -0.05) is 0 Å². The molecule has 0 radical (unpaired) electrons. The van der Waals surface area contributed by atoms with E-state index < -0.39 is 11.6 Å². The highest BCUT2D eigenvalue weighted by Gasteiger charge is 2.13. The molecule has 17 heavy (non-hydrogen) atoms. The maximum Gasteiger partial charge on any atom is 0.192 e. The molecule has 0 fully saturated rings. The summed E-state index contributed by atoms with van der Waals surface area (Å²) in [4.78, 5) is 7.67. The first-order chi connectivity index (χ1) is 8.20. The Morgan fingerprint density at radius 2 is 1.71 bits per heavy atom. The zero-order valence-electron chi connectivity index (χ0n) is 8.73. The van der Waals surface area contributed by atoms with Gasteiger partial charge in [0.1, 0.15) is 11.6 Å². The zero-order chi connectivity index (χ0) is 12.3. The van der Waals surface area contributed by atoms with E-state index in [0.29, 0.717) is 10.7 Å². The molecule has 1 aromatic heterocycles. The van der Waals surface area contributed by atoms with E-state index in [0.717, 1.165) is 11.8 Å². The number of aromatic nitrogens is 2. The maximum atomic E-state index is 13.6. The lowest BCUT2D eigenvalue weighted by atomic mass is 10.2. The van der Waals surface area contributed by atoms with Gasteiger partial charge in [-0.2, -0.15) is 0 Å². The Hall–Kier alpha value is -1.53. The monoisotopic (exact) mass is 253 g/mol. The molecule has 0 aliphatic rings. The third-order valence-corrected chi connectivity index (χ3v) is 3.02. The molecule has 1 heterocycles. The first-order valence-corrected chi connectivity index (χ1v) is 5.65. The molecule has 0 aliphatic heterocycles. The second-order valence-corrected chi connectivity index (χ2v) is 4.20. The first-order valence-electron chi connectivity index (χ1n) is 4.83. The predicted molar refractivity (Wildman–Crippen MR) is 60.4 cm³/mol. The number of benzene rings is 1. The van der Waals surface area contributed by atoms with Crippen LogP contribution in [0.3, 0.4) is 0 Å². The van der Waals surface area contributed by atoms with E-state index in [1.54, 1.807) is 6.07 Å². The lowest BCUT2D eigenvalue weighted by Gasteiger charge is -2.05. The fourth-order valence-corrected chi connectivity index (χ4v) is 1.98. The molecule has 0 amide bonds. The average Bonchev–Trinajstić information content (AvgIpc) is 2.35.